The molecule has 2 saturated heterocycles. The Balaban J connectivity index is 1.66. The van der Waals surface area contributed by atoms with Crippen LogP contribution in [0.3, 0.4) is 0 Å². The topological polar surface area (TPSA) is 60.9 Å². The standard InChI is InChI=1S/C20H28N2O3/c1-2-20(19(24)25)10-5-13-22(15-20)18(23)17-8-6-16(7-9-17)14-21-11-3-4-12-21/h6-9H,2-5,10-15H2,1H3,(H,24,25)/t20-/m0/s1. The molecule has 1 amide bonds. The molecule has 25 heavy (non-hydrogen) atoms. The number of carboxylic acids is 1. The Morgan fingerprint density at radius 2 is 1.76 bits per heavy atom. The first kappa shape index (κ1) is 17.9. The van der Waals surface area contributed by atoms with Gasteiger partial charge in [-0.1, -0.05) is 19.1 Å². The molecule has 1 N–H and O–H groups in total. The number of carboxylic acid groups (broad SMARTS) is 1. The summed E-state index contributed by atoms with van der Waals surface area (Å²) in [6.07, 6.45) is 4.50. The van der Waals surface area contributed by atoms with Crippen molar-refractivity contribution in [2.75, 3.05) is 26.2 Å². The second-order valence-corrected chi connectivity index (χ2v) is 7.45. The van der Waals surface area contributed by atoms with E-state index in [0.29, 0.717) is 31.5 Å². The van der Waals surface area contributed by atoms with E-state index in [1.807, 2.05) is 31.2 Å². The van der Waals surface area contributed by atoms with E-state index in [9.17, 15) is 14.7 Å². The minimum absolute atomic E-state index is 0.0495. The number of hydrogen-bond acceptors (Lipinski definition) is 3. The van der Waals surface area contributed by atoms with E-state index >= 15 is 0 Å². The fraction of sp³-hybridized carbons (Fsp3) is 0.600. The average molecular weight is 344 g/mol. The molecule has 0 aromatic heterocycles. The summed E-state index contributed by atoms with van der Waals surface area (Å²) >= 11 is 0. The van der Waals surface area contributed by atoms with Crippen LogP contribution in [0.4, 0.5) is 0 Å². The van der Waals surface area contributed by atoms with E-state index in [-0.39, 0.29) is 5.91 Å². The largest absolute Gasteiger partial charge is 0.481 e. The van der Waals surface area contributed by atoms with E-state index in [2.05, 4.69) is 4.90 Å². The highest BCUT2D eigenvalue weighted by Gasteiger charge is 2.42. The summed E-state index contributed by atoms with van der Waals surface area (Å²) < 4.78 is 0. The van der Waals surface area contributed by atoms with Crippen molar-refractivity contribution in [3.8, 4) is 0 Å². The zero-order valence-corrected chi connectivity index (χ0v) is 15.0. The summed E-state index contributed by atoms with van der Waals surface area (Å²) in [5.41, 5.74) is 1.09. The highest BCUT2D eigenvalue weighted by atomic mass is 16.4. The van der Waals surface area contributed by atoms with E-state index in [4.69, 9.17) is 0 Å². The van der Waals surface area contributed by atoms with E-state index in [0.717, 1.165) is 26.1 Å². The molecule has 136 valence electrons. The van der Waals surface area contributed by atoms with Crippen LogP contribution in [0.5, 0.6) is 0 Å². The van der Waals surface area contributed by atoms with Crippen molar-refractivity contribution in [1.29, 1.82) is 0 Å². The number of carbonyl (C=O) groups excluding carboxylic acids is 1. The molecule has 2 aliphatic heterocycles. The molecule has 0 unspecified atom stereocenters. The third-order valence-corrected chi connectivity index (χ3v) is 5.80. The molecule has 2 heterocycles. The minimum Gasteiger partial charge on any atom is -0.481 e. The summed E-state index contributed by atoms with van der Waals surface area (Å²) in [6.45, 7) is 6.10. The fourth-order valence-electron chi connectivity index (χ4n) is 4.05. The molecule has 5 heteroatoms. The van der Waals surface area contributed by atoms with Crippen LogP contribution in [0.25, 0.3) is 0 Å². The van der Waals surface area contributed by atoms with Crippen LogP contribution in [-0.2, 0) is 11.3 Å². The van der Waals surface area contributed by atoms with Gasteiger partial charge in [-0.15, -0.1) is 0 Å². The van der Waals surface area contributed by atoms with Crippen LogP contribution < -0.4 is 0 Å². The second kappa shape index (κ2) is 7.56. The van der Waals surface area contributed by atoms with Crippen LogP contribution in [0, 0.1) is 5.41 Å². The number of piperidine rings is 1. The lowest BCUT2D eigenvalue weighted by Gasteiger charge is -2.39. The number of nitrogens with zero attached hydrogens (tertiary/aromatic N) is 2. The lowest BCUT2D eigenvalue weighted by Crippen LogP contribution is -2.49. The Kier molecular flexibility index (Phi) is 5.42. The van der Waals surface area contributed by atoms with Gasteiger partial charge in [0.1, 0.15) is 0 Å². The van der Waals surface area contributed by atoms with E-state index in [1.165, 1.54) is 18.4 Å². The average Bonchev–Trinajstić information content (AvgIpc) is 3.14. The molecule has 0 radical (unpaired) electrons. The van der Waals surface area contributed by atoms with Gasteiger partial charge >= 0.3 is 5.97 Å². The Morgan fingerprint density at radius 1 is 1.08 bits per heavy atom. The molecule has 5 nitrogen and oxygen atoms in total. The van der Waals surface area contributed by atoms with Gasteiger partial charge in [0.25, 0.3) is 5.91 Å². The molecule has 1 atom stereocenters. The molecule has 0 aliphatic carbocycles. The lowest BCUT2D eigenvalue weighted by atomic mass is 9.77. The highest BCUT2D eigenvalue weighted by molar-refractivity contribution is 5.94. The van der Waals surface area contributed by atoms with Gasteiger partial charge in [-0.05, 0) is 62.9 Å². The van der Waals surface area contributed by atoms with Crippen LogP contribution in [0.15, 0.2) is 24.3 Å². The number of likely N-dealkylation sites (tertiary alicyclic amines) is 2. The van der Waals surface area contributed by atoms with E-state index < -0.39 is 11.4 Å². The zero-order chi connectivity index (χ0) is 17.9. The Bertz CT molecular complexity index is 622. The van der Waals surface area contributed by atoms with Crippen LogP contribution in [0.1, 0.15) is 54.9 Å². The number of rotatable bonds is 5. The number of amides is 1. The van der Waals surface area contributed by atoms with E-state index in [1.54, 1.807) is 4.90 Å². The first-order chi connectivity index (χ1) is 12.0. The molecule has 0 spiro atoms. The van der Waals surface area contributed by atoms with Crippen molar-refractivity contribution in [2.45, 2.75) is 45.6 Å². The molecule has 2 aliphatic rings. The first-order valence-electron chi connectivity index (χ1n) is 9.38. The van der Waals surface area contributed by atoms with Gasteiger partial charge < -0.3 is 10.0 Å². The summed E-state index contributed by atoms with van der Waals surface area (Å²) in [5, 5.41) is 9.59. The number of benzene rings is 1. The van der Waals surface area contributed by atoms with Gasteiger partial charge in [-0.2, -0.15) is 0 Å². The smallest absolute Gasteiger partial charge is 0.311 e. The van der Waals surface area contributed by atoms with Gasteiger partial charge in [0.15, 0.2) is 0 Å². The summed E-state index contributed by atoms with van der Waals surface area (Å²) in [4.78, 5) is 28.6. The van der Waals surface area contributed by atoms with Crippen molar-refractivity contribution >= 4 is 11.9 Å². The molecule has 0 saturated carbocycles. The lowest BCUT2D eigenvalue weighted by molar-refractivity contribution is -0.152. The van der Waals surface area contributed by atoms with Gasteiger partial charge in [-0.25, -0.2) is 0 Å². The normalized spacial score (nSPS) is 24.4. The SMILES string of the molecule is CC[C@]1(C(=O)O)CCCN(C(=O)c2ccc(CN3CCCC3)cc2)C1. The van der Waals surface area contributed by atoms with Gasteiger partial charge in [0, 0.05) is 25.2 Å². The molecule has 0 bridgehead atoms. The summed E-state index contributed by atoms with van der Waals surface area (Å²) in [6, 6.07) is 7.83. The monoisotopic (exact) mass is 344 g/mol. The molecular formula is C20H28N2O3. The van der Waals surface area contributed by atoms with Crippen LogP contribution in [-0.4, -0.2) is 53.0 Å². The zero-order valence-electron chi connectivity index (χ0n) is 15.0. The van der Waals surface area contributed by atoms with Crippen molar-refractivity contribution in [1.82, 2.24) is 9.80 Å². The van der Waals surface area contributed by atoms with Gasteiger partial charge in [0.05, 0.1) is 5.41 Å². The van der Waals surface area contributed by atoms with Crippen LogP contribution >= 0.6 is 0 Å². The van der Waals surface area contributed by atoms with Gasteiger partial charge in [0.2, 0.25) is 0 Å². The molecular weight excluding hydrogens is 316 g/mol. The Hall–Kier alpha value is -1.88. The van der Waals surface area contributed by atoms with Crippen molar-refractivity contribution in [3.05, 3.63) is 35.4 Å². The Labute approximate surface area is 149 Å². The molecule has 1 aromatic rings. The number of hydrogen-bond donors (Lipinski definition) is 1. The van der Waals surface area contributed by atoms with Crippen molar-refractivity contribution < 1.29 is 14.7 Å². The second-order valence-electron chi connectivity index (χ2n) is 7.45. The Morgan fingerprint density at radius 3 is 2.36 bits per heavy atom. The minimum atomic E-state index is -0.788. The fourth-order valence-corrected chi connectivity index (χ4v) is 4.05. The highest BCUT2D eigenvalue weighted by Crippen LogP contribution is 2.34. The van der Waals surface area contributed by atoms with Crippen LogP contribution in [0.2, 0.25) is 0 Å². The van der Waals surface area contributed by atoms with Gasteiger partial charge in [-0.3, -0.25) is 14.5 Å². The quantitative estimate of drug-likeness (QED) is 0.892. The molecule has 3 rings (SSSR count). The first-order valence-corrected chi connectivity index (χ1v) is 9.38. The third-order valence-electron chi connectivity index (χ3n) is 5.80. The molecule has 2 fully saturated rings. The summed E-state index contributed by atoms with van der Waals surface area (Å²) in [7, 11) is 0. The third kappa shape index (κ3) is 3.87. The predicted octanol–water partition coefficient (Wildman–Crippen LogP) is 3.00. The maximum Gasteiger partial charge on any atom is 0.311 e. The number of aliphatic carboxylic acids is 1. The van der Waals surface area contributed by atoms with Crippen molar-refractivity contribution in [2.24, 2.45) is 5.41 Å². The number of carbonyl (C=O) groups is 2. The summed E-state index contributed by atoms with van der Waals surface area (Å²) in [5.74, 6) is -0.833. The predicted molar refractivity (Wildman–Crippen MR) is 96.5 cm³/mol. The molecule has 1 aromatic carbocycles. The maximum atomic E-state index is 12.8. The van der Waals surface area contributed by atoms with Crippen molar-refractivity contribution in [3.63, 3.8) is 0 Å². The maximum absolute atomic E-state index is 12.8.